The van der Waals surface area contributed by atoms with Crippen molar-refractivity contribution in [1.82, 2.24) is 19.9 Å². The average Bonchev–Trinajstić information content (AvgIpc) is 3.41. The highest BCUT2D eigenvalue weighted by atomic mass is 16.5. The Morgan fingerprint density at radius 1 is 1.13 bits per heavy atom. The van der Waals surface area contributed by atoms with Crippen LogP contribution in [0.15, 0.2) is 59.1 Å². The van der Waals surface area contributed by atoms with Crippen molar-refractivity contribution in [1.29, 1.82) is 0 Å². The third kappa shape index (κ3) is 3.48. The monoisotopic (exact) mass is 402 g/mol. The second-order valence-corrected chi connectivity index (χ2v) is 7.27. The Labute approximate surface area is 174 Å². The molecule has 2 aromatic carbocycles. The van der Waals surface area contributed by atoms with Crippen LogP contribution in [0.1, 0.15) is 29.8 Å². The fraction of sp³-hybridized carbons (Fsp3) is 0.261. The molecule has 0 saturated carbocycles. The minimum absolute atomic E-state index is 0.0258. The van der Waals surface area contributed by atoms with Crippen LogP contribution in [-0.2, 0) is 17.9 Å². The van der Waals surface area contributed by atoms with Gasteiger partial charge in [0.25, 0.3) is 5.89 Å². The minimum Gasteiger partial charge on any atom is -0.493 e. The van der Waals surface area contributed by atoms with Gasteiger partial charge < -0.3 is 14.0 Å². The Hall–Kier alpha value is -3.45. The Balaban J connectivity index is 1.40. The number of para-hydroxylation sites is 1. The average molecular weight is 402 g/mol. The lowest BCUT2D eigenvalue weighted by atomic mass is 10.1. The number of fused-ring (bicyclic) bond motifs is 1. The van der Waals surface area contributed by atoms with E-state index >= 15 is 0 Å². The van der Waals surface area contributed by atoms with Gasteiger partial charge in [-0.3, -0.25) is 4.68 Å². The van der Waals surface area contributed by atoms with Crippen molar-refractivity contribution in [3.63, 3.8) is 0 Å². The molecule has 0 aliphatic carbocycles. The molecule has 0 radical (unpaired) electrons. The van der Waals surface area contributed by atoms with E-state index < -0.39 is 0 Å². The lowest BCUT2D eigenvalue weighted by Gasteiger charge is -2.24. The van der Waals surface area contributed by atoms with Crippen molar-refractivity contribution in [2.45, 2.75) is 33.1 Å². The normalized spacial score (nSPS) is 15.7. The first-order valence-corrected chi connectivity index (χ1v) is 10.0. The van der Waals surface area contributed by atoms with E-state index in [2.05, 4.69) is 46.4 Å². The maximum absolute atomic E-state index is 6.05. The molecule has 1 aliphatic rings. The fourth-order valence-electron chi connectivity index (χ4n) is 3.58. The summed E-state index contributed by atoms with van der Waals surface area (Å²) in [4.78, 5) is 4.55. The van der Waals surface area contributed by atoms with E-state index in [1.807, 2.05) is 41.9 Å². The second-order valence-electron chi connectivity index (χ2n) is 7.27. The third-order valence-electron chi connectivity index (χ3n) is 5.16. The van der Waals surface area contributed by atoms with Crippen LogP contribution in [0.5, 0.6) is 5.75 Å². The van der Waals surface area contributed by atoms with Crippen LogP contribution in [0.4, 0.5) is 0 Å². The predicted molar refractivity (Wildman–Crippen MR) is 111 cm³/mol. The quantitative estimate of drug-likeness (QED) is 0.486. The summed E-state index contributed by atoms with van der Waals surface area (Å²) in [5.41, 5.74) is 4.81. The van der Waals surface area contributed by atoms with E-state index in [0.717, 1.165) is 22.6 Å². The largest absolute Gasteiger partial charge is 0.493 e. The third-order valence-corrected chi connectivity index (χ3v) is 5.16. The summed E-state index contributed by atoms with van der Waals surface area (Å²) in [7, 11) is 0. The van der Waals surface area contributed by atoms with Crippen molar-refractivity contribution in [3.05, 3.63) is 71.4 Å². The molecular formula is C23H22N4O3. The molecule has 0 fully saturated rings. The summed E-state index contributed by atoms with van der Waals surface area (Å²) in [6.07, 6.45) is -0.0258. The highest BCUT2D eigenvalue weighted by Crippen LogP contribution is 2.31. The van der Waals surface area contributed by atoms with Gasteiger partial charge in [-0.05, 0) is 37.6 Å². The first-order chi connectivity index (χ1) is 14.7. The number of benzene rings is 2. The second kappa shape index (κ2) is 7.76. The van der Waals surface area contributed by atoms with Crippen molar-refractivity contribution in [3.8, 4) is 28.7 Å². The molecule has 1 atom stereocenters. The highest BCUT2D eigenvalue weighted by molar-refractivity contribution is 5.65. The van der Waals surface area contributed by atoms with Gasteiger partial charge in [0, 0.05) is 0 Å². The van der Waals surface area contributed by atoms with Crippen LogP contribution >= 0.6 is 0 Å². The van der Waals surface area contributed by atoms with Crippen molar-refractivity contribution < 1.29 is 14.0 Å². The molecule has 3 heterocycles. The number of hydrogen-bond donors (Lipinski definition) is 0. The zero-order chi connectivity index (χ0) is 20.5. The summed E-state index contributed by atoms with van der Waals surface area (Å²) in [5.74, 6) is 1.59. The Kier molecular flexibility index (Phi) is 4.80. The van der Waals surface area contributed by atoms with Crippen LogP contribution in [0.25, 0.3) is 23.0 Å². The topological polar surface area (TPSA) is 75.2 Å². The molecule has 5 rings (SSSR count). The van der Waals surface area contributed by atoms with Gasteiger partial charge in [0.15, 0.2) is 5.69 Å². The van der Waals surface area contributed by atoms with Crippen molar-refractivity contribution in [2.24, 2.45) is 0 Å². The smallest absolute Gasteiger partial charge is 0.278 e. The molecule has 1 aliphatic heterocycles. The zero-order valence-electron chi connectivity index (χ0n) is 16.9. The molecule has 0 N–H and O–H groups in total. The van der Waals surface area contributed by atoms with Gasteiger partial charge in [-0.1, -0.05) is 47.1 Å². The molecule has 0 saturated heterocycles. The number of aromatic nitrogens is 4. The number of aryl methyl sites for hydroxylation is 1. The molecule has 0 spiro atoms. The molecule has 30 heavy (non-hydrogen) atoms. The number of rotatable bonds is 5. The van der Waals surface area contributed by atoms with E-state index in [4.69, 9.17) is 14.0 Å². The number of nitrogens with zero attached hydrogens (tertiary/aromatic N) is 4. The van der Waals surface area contributed by atoms with Crippen LogP contribution in [0, 0.1) is 6.92 Å². The highest BCUT2D eigenvalue weighted by Gasteiger charge is 2.24. The van der Waals surface area contributed by atoms with Gasteiger partial charge in [-0.15, -0.1) is 0 Å². The summed E-state index contributed by atoms with van der Waals surface area (Å²) < 4.78 is 19.2. The molecule has 4 aromatic rings. The zero-order valence-corrected chi connectivity index (χ0v) is 16.9. The first kappa shape index (κ1) is 18.6. The standard InChI is InChI=1S/C23H22N4O3/c1-3-28-20-7-5-4-6-18(20)22-24-23(30-26-22)19-12-17-14-29-21(13-27(17)25-19)16-10-8-15(2)9-11-16/h4-12,21H,3,13-14H2,1-2H3/t21-/m1/s1. The summed E-state index contributed by atoms with van der Waals surface area (Å²) in [6, 6.07) is 18.0. The maximum Gasteiger partial charge on any atom is 0.278 e. The van der Waals surface area contributed by atoms with E-state index in [0.29, 0.717) is 37.2 Å². The van der Waals surface area contributed by atoms with Gasteiger partial charge in [0.2, 0.25) is 5.82 Å². The van der Waals surface area contributed by atoms with E-state index in [1.54, 1.807) is 0 Å². The Morgan fingerprint density at radius 2 is 1.97 bits per heavy atom. The SMILES string of the molecule is CCOc1ccccc1-c1noc(-c2cc3n(n2)C[C@H](c2ccc(C)cc2)OC3)n1. The molecule has 7 heteroatoms. The lowest BCUT2D eigenvalue weighted by molar-refractivity contribution is -0.00113. The molecule has 0 unspecified atom stereocenters. The molecular weight excluding hydrogens is 380 g/mol. The van der Waals surface area contributed by atoms with E-state index in [1.165, 1.54) is 5.56 Å². The number of ether oxygens (including phenoxy) is 2. The van der Waals surface area contributed by atoms with Gasteiger partial charge in [0.05, 0.1) is 31.0 Å². The van der Waals surface area contributed by atoms with E-state index in [9.17, 15) is 0 Å². The van der Waals surface area contributed by atoms with Crippen LogP contribution < -0.4 is 4.74 Å². The fourth-order valence-corrected chi connectivity index (χ4v) is 3.58. The number of hydrogen-bond acceptors (Lipinski definition) is 6. The Bertz CT molecular complexity index is 1160. The van der Waals surface area contributed by atoms with Crippen LogP contribution in [0.3, 0.4) is 0 Å². The molecule has 0 amide bonds. The molecule has 7 nitrogen and oxygen atoms in total. The molecule has 152 valence electrons. The van der Waals surface area contributed by atoms with Crippen LogP contribution in [0.2, 0.25) is 0 Å². The summed E-state index contributed by atoms with van der Waals surface area (Å²) in [6.45, 7) is 5.72. The molecule has 2 aromatic heterocycles. The minimum atomic E-state index is -0.0258. The van der Waals surface area contributed by atoms with Crippen molar-refractivity contribution >= 4 is 0 Å². The van der Waals surface area contributed by atoms with E-state index in [-0.39, 0.29) is 6.10 Å². The Morgan fingerprint density at radius 3 is 2.80 bits per heavy atom. The summed E-state index contributed by atoms with van der Waals surface area (Å²) in [5, 5.41) is 8.83. The lowest BCUT2D eigenvalue weighted by Crippen LogP contribution is -2.21. The van der Waals surface area contributed by atoms with Gasteiger partial charge in [-0.25, -0.2) is 0 Å². The van der Waals surface area contributed by atoms with Gasteiger partial charge in [0.1, 0.15) is 11.9 Å². The first-order valence-electron chi connectivity index (χ1n) is 10.0. The van der Waals surface area contributed by atoms with Gasteiger partial charge >= 0.3 is 0 Å². The molecule has 0 bridgehead atoms. The summed E-state index contributed by atoms with van der Waals surface area (Å²) >= 11 is 0. The maximum atomic E-state index is 6.05. The van der Waals surface area contributed by atoms with Crippen molar-refractivity contribution in [2.75, 3.05) is 6.61 Å². The predicted octanol–water partition coefficient (Wildman–Crippen LogP) is 4.58. The van der Waals surface area contributed by atoms with Crippen LogP contribution in [-0.4, -0.2) is 26.5 Å². The van der Waals surface area contributed by atoms with Gasteiger partial charge in [-0.2, -0.15) is 10.1 Å².